The first-order valence-electron chi connectivity index (χ1n) is 16.5. The number of hydrogen-bond acceptors (Lipinski definition) is 14. The second kappa shape index (κ2) is 11.3. The molecule has 4 saturated carbocycles. The van der Waals surface area contributed by atoms with E-state index in [1.54, 1.807) is 13.0 Å². The topological polar surface area (TPSA) is 191 Å². The van der Waals surface area contributed by atoms with Crippen LogP contribution >= 0.6 is 0 Å². The Labute approximate surface area is 283 Å². The third kappa shape index (κ3) is 4.54. The first kappa shape index (κ1) is 34.9. The van der Waals surface area contributed by atoms with Crippen molar-refractivity contribution in [2.75, 3.05) is 7.11 Å². The van der Waals surface area contributed by atoms with Crippen LogP contribution in [0, 0.1) is 39.9 Å². The minimum absolute atomic E-state index is 0.0645. The Hall–Kier alpha value is -3.94. The number of carbonyl (C=O) groups is 6. The molecule has 268 valence electrons. The minimum Gasteiger partial charge on any atom is -0.472 e. The number of cyclic esters (lactones) is 1. The van der Waals surface area contributed by atoms with Gasteiger partial charge in [0.15, 0.2) is 0 Å². The normalized spacial score (nSPS) is 44.5. The van der Waals surface area contributed by atoms with E-state index in [9.17, 15) is 33.9 Å². The summed E-state index contributed by atoms with van der Waals surface area (Å²) in [6, 6.07) is 1.61. The summed E-state index contributed by atoms with van der Waals surface area (Å²) in [6.45, 7) is 10.3. The fraction of sp³-hybridized carbons (Fsp3) is 0.714. The van der Waals surface area contributed by atoms with Gasteiger partial charge in [-0.15, -0.1) is 0 Å². The molecule has 13 unspecified atom stereocenters. The number of methoxy groups -OCH3 is 1. The van der Waals surface area contributed by atoms with E-state index in [0.717, 1.165) is 0 Å². The van der Waals surface area contributed by atoms with Gasteiger partial charge < -0.3 is 37.9 Å². The lowest BCUT2D eigenvalue weighted by molar-refractivity contribution is -0.365. The van der Waals surface area contributed by atoms with Gasteiger partial charge in [0.05, 0.1) is 37.4 Å². The molecule has 5 aliphatic rings. The molecule has 1 aromatic rings. The van der Waals surface area contributed by atoms with Crippen molar-refractivity contribution in [1.82, 2.24) is 0 Å². The average Bonchev–Trinajstić information content (AvgIpc) is 3.65. The maximum atomic E-state index is 13.7. The van der Waals surface area contributed by atoms with Gasteiger partial charge in [-0.05, 0) is 24.8 Å². The fourth-order valence-electron chi connectivity index (χ4n) is 11.6. The smallest absolute Gasteiger partial charge is 0.306 e. The largest absolute Gasteiger partial charge is 0.472 e. The third-order valence-electron chi connectivity index (χ3n) is 13.0. The van der Waals surface area contributed by atoms with Crippen LogP contribution in [0.4, 0.5) is 0 Å². The van der Waals surface area contributed by atoms with Crippen LogP contribution in [-0.2, 0) is 57.2 Å². The zero-order valence-electron chi connectivity index (χ0n) is 28.9. The van der Waals surface area contributed by atoms with Gasteiger partial charge in [0.25, 0.3) is 0 Å². The van der Waals surface area contributed by atoms with Gasteiger partial charge in [-0.1, -0.05) is 20.8 Å². The lowest BCUT2D eigenvalue weighted by Gasteiger charge is -2.72. The van der Waals surface area contributed by atoms with E-state index in [4.69, 9.17) is 32.8 Å². The fourth-order valence-corrected chi connectivity index (χ4v) is 11.6. The Morgan fingerprint density at radius 2 is 1.55 bits per heavy atom. The number of hydrogen-bond donors (Lipinski definition) is 1. The molecule has 0 radical (unpaired) electrons. The van der Waals surface area contributed by atoms with Gasteiger partial charge in [0, 0.05) is 62.3 Å². The van der Waals surface area contributed by atoms with Crippen LogP contribution in [0.1, 0.15) is 85.8 Å². The summed E-state index contributed by atoms with van der Waals surface area (Å²) in [4.78, 5) is 78.5. The average molecular weight is 689 g/mol. The molecule has 0 aromatic carbocycles. The number of fused-ring (bicyclic) bond motifs is 5. The first-order chi connectivity index (χ1) is 22.8. The molecule has 4 aliphatic carbocycles. The molecule has 2 heterocycles. The van der Waals surface area contributed by atoms with Crippen molar-refractivity contribution in [2.24, 2.45) is 39.9 Å². The highest BCUT2D eigenvalue weighted by atomic mass is 16.6. The van der Waals surface area contributed by atoms with Gasteiger partial charge in [0.2, 0.25) is 0 Å². The summed E-state index contributed by atoms with van der Waals surface area (Å²) in [5.74, 6) is -7.99. The molecule has 1 saturated heterocycles. The van der Waals surface area contributed by atoms with Gasteiger partial charge in [-0.2, -0.15) is 0 Å². The number of furan rings is 1. The molecule has 2 bridgehead atoms. The van der Waals surface area contributed by atoms with E-state index in [2.05, 4.69) is 0 Å². The Kier molecular flexibility index (Phi) is 8.04. The number of carbonyl (C=O) groups excluding carboxylic acids is 6. The summed E-state index contributed by atoms with van der Waals surface area (Å²) in [5, 5.41) is 13.7. The number of ether oxygens (including phenoxy) is 6. The molecule has 14 nitrogen and oxygen atoms in total. The summed E-state index contributed by atoms with van der Waals surface area (Å²) in [6.07, 6.45) is -2.41. The van der Waals surface area contributed by atoms with Crippen molar-refractivity contribution in [3.8, 4) is 0 Å². The maximum absolute atomic E-state index is 13.7. The maximum Gasteiger partial charge on any atom is 0.306 e. The Morgan fingerprint density at radius 1 is 0.918 bits per heavy atom. The quantitative estimate of drug-likeness (QED) is 0.325. The van der Waals surface area contributed by atoms with Crippen LogP contribution in [0.3, 0.4) is 0 Å². The molecule has 1 aromatic heterocycles. The minimum atomic E-state index is -2.11. The van der Waals surface area contributed by atoms with E-state index < -0.39 is 111 Å². The van der Waals surface area contributed by atoms with E-state index in [1.807, 2.05) is 13.8 Å². The zero-order chi connectivity index (χ0) is 36.1. The number of rotatable bonds is 7. The number of esters is 6. The van der Waals surface area contributed by atoms with E-state index in [-0.39, 0.29) is 25.7 Å². The first-order valence-corrected chi connectivity index (χ1v) is 16.5. The van der Waals surface area contributed by atoms with Crippen molar-refractivity contribution in [1.29, 1.82) is 0 Å². The lowest BCUT2D eigenvalue weighted by Crippen LogP contribution is -2.83. The molecule has 0 spiro atoms. The van der Waals surface area contributed by atoms with Crippen molar-refractivity contribution in [3.63, 3.8) is 0 Å². The van der Waals surface area contributed by atoms with Crippen LogP contribution in [0.5, 0.6) is 0 Å². The van der Waals surface area contributed by atoms with Crippen LogP contribution in [0.25, 0.3) is 0 Å². The van der Waals surface area contributed by atoms with E-state index in [1.165, 1.54) is 47.3 Å². The Balaban J connectivity index is 1.69. The van der Waals surface area contributed by atoms with E-state index in [0.29, 0.717) is 5.56 Å². The molecule has 1 N–H and O–H groups in total. The predicted octanol–water partition coefficient (Wildman–Crippen LogP) is 2.98. The predicted molar refractivity (Wildman–Crippen MR) is 162 cm³/mol. The second-order valence-electron chi connectivity index (χ2n) is 15.2. The molecule has 5 fully saturated rings. The lowest BCUT2D eigenvalue weighted by atomic mass is 9.36. The highest BCUT2D eigenvalue weighted by Crippen LogP contribution is 2.82. The highest BCUT2D eigenvalue weighted by molar-refractivity contribution is 5.74. The van der Waals surface area contributed by atoms with E-state index >= 15 is 0 Å². The zero-order valence-corrected chi connectivity index (χ0v) is 28.9. The van der Waals surface area contributed by atoms with Crippen molar-refractivity contribution < 1.29 is 66.7 Å². The third-order valence-corrected chi connectivity index (χ3v) is 13.0. The van der Waals surface area contributed by atoms with Gasteiger partial charge in [-0.25, -0.2) is 0 Å². The number of aliphatic hydroxyl groups is 1. The SMILES string of the molecule is COC(=O)CC1C2(C)CC3(OC(C)=O)C(C2OC(C)=O)C(OC(C)=O)C2(O)C4CC(=O)OC(c5ccoc5)C4(C)C(OC(C)=O)CC2C13C. The molecule has 1 aliphatic heterocycles. The molecular formula is C35H44O14. The molecule has 14 heteroatoms. The summed E-state index contributed by atoms with van der Waals surface area (Å²) < 4.78 is 41.0. The molecule has 49 heavy (non-hydrogen) atoms. The Morgan fingerprint density at radius 3 is 2.10 bits per heavy atom. The molecular weight excluding hydrogens is 644 g/mol. The van der Waals surface area contributed by atoms with Gasteiger partial charge in [0.1, 0.15) is 35.6 Å². The van der Waals surface area contributed by atoms with Crippen LogP contribution < -0.4 is 0 Å². The monoisotopic (exact) mass is 688 g/mol. The second-order valence-corrected chi connectivity index (χ2v) is 15.2. The molecule has 13 atom stereocenters. The summed E-state index contributed by atoms with van der Waals surface area (Å²) >= 11 is 0. The standard InChI is InChI=1S/C35H44O14/c1-16(36)45-24-11-23-33(7)21(12-25(40)43-8)31(5)15-34(33,49-19(4)39)27(29(31)46-17(2)37)30(47-18(3)38)35(23,42)22-13-26(41)48-28(32(22,24)6)20-9-10-44-14-20/h9-10,14,21-24,27-30,42H,11-13,15H2,1-8H3. The van der Waals surface area contributed by atoms with Crippen molar-refractivity contribution in [3.05, 3.63) is 24.2 Å². The van der Waals surface area contributed by atoms with Crippen molar-refractivity contribution >= 4 is 35.8 Å². The van der Waals surface area contributed by atoms with Crippen LogP contribution in [-0.4, -0.2) is 77.5 Å². The molecule has 0 amide bonds. The Bertz CT molecular complexity index is 1590. The van der Waals surface area contributed by atoms with Crippen molar-refractivity contribution in [2.45, 2.75) is 110 Å². The molecule has 6 rings (SSSR count). The van der Waals surface area contributed by atoms with Gasteiger partial charge >= 0.3 is 35.8 Å². The van der Waals surface area contributed by atoms with Crippen LogP contribution in [0.15, 0.2) is 23.0 Å². The van der Waals surface area contributed by atoms with Crippen LogP contribution in [0.2, 0.25) is 0 Å². The van der Waals surface area contributed by atoms with Gasteiger partial charge in [-0.3, -0.25) is 28.8 Å². The highest BCUT2D eigenvalue weighted by Gasteiger charge is 2.91. The summed E-state index contributed by atoms with van der Waals surface area (Å²) in [7, 11) is 1.24. The summed E-state index contributed by atoms with van der Waals surface area (Å²) in [5.41, 5.74) is -6.92.